The molecule has 1 heterocycles. The highest BCUT2D eigenvalue weighted by molar-refractivity contribution is 5.82. The second-order valence-electron chi connectivity index (χ2n) is 5.74. The number of amides is 1. The maximum absolute atomic E-state index is 12.6. The largest absolute Gasteiger partial charge is 0.341 e. The van der Waals surface area contributed by atoms with Crippen molar-refractivity contribution in [3.63, 3.8) is 0 Å². The van der Waals surface area contributed by atoms with Crippen molar-refractivity contribution in [1.82, 2.24) is 10.2 Å². The lowest BCUT2D eigenvalue weighted by Gasteiger charge is -2.30. The Bertz CT molecular complexity index is 227. The van der Waals surface area contributed by atoms with Crippen LogP contribution < -0.4 is 5.32 Å². The number of hydrogen-bond acceptors (Lipinski definition) is 2. The highest BCUT2D eigenvalue weighted by Gasteiger charge is 2.24. The summed E-state index contributed by atoms with van der Waals surface area (Å²) in [7, 11) is 0. The van der Waals surface area contributed by atoms with Crippen LogP contribution in [-0.2, 0) is 4.79 Å². The van der Waals surface area contributed by atoms with Crippen molar-refractivity contribution in [3.05, 3.63) is 0 Å². The van der Waals surface area contributed by atoms with Gasteiger partial charge in [-0.3, -0.25) is 4.79 Å². The number of unbranched alkanes of at least 4 members (excludes halogenated alkanes) is 4. The summed E-state index contributed by atoms with van der Waals surface area (Å²) in [6.07, 6.45) is 10.7. The Hall–Kier alpha value is -0.570. The van der Waals surface area contributed by atoms with Gasteiger partial charge in [0, 0.05) is 13.1 Å². The minimum Gasteiger partial charge on any atom is -0.341 e. The molecule has 3 heteroatoms. The van der Waals surface area contributed by atoms with Gasteiger partial charge in [0.2, 0.25) is 5.91 Å². The van der Waals surface area contributed by atoms with Crippen LogP contribution in [0.3, 0.4) is 0 Å². The van der Waals surface area contributed by atoms with Crippen molar-refractivity contribution in [3.8, 4) is 0 Å². The van der Waals surface area contributed by atoms with Gasteiger partial charge in [-0.1, -0.05) is 46.0 Å². The van der Waals surface area contributed by atoms with Crippen LogP contribution in [0.5, 0.6) is 0 Å². The van der Waals surface area contributed by atoms with Crippen molar-refractivity contribution >= 4 is 5.91 Å². The molecule has 0 saturated carbocycles. The van der Waals surface area contributed by atoms with Gasteiger partial charge in [-0.25, -0.2) is 0 Å². The molecule has 1 aliphatic heterocycles. The number of carbonyl (C=O) groups excluding carboxylic acids is 1. The lowest BCUT2D eigenvalue weighted by Crippen LogP contribution is -2.49. The van der Waals surface area contributed by atoms with E-state index in [1.165, 1.54) is 38.5 Å². The Morgan fingerprint density at radius 2 is 1.68 bits per heavy atom. The van der Waals surface area contributed by atoms with E-state index in [4.69, 9.17) is 0 Å². The third-order valence-corrected chi connectivity index (χ3v) is 3.98. The maximum atomic E-state index is 12.6. The van der Waals surface area contributed by atoms with Crippen molar-refractivity contribution in [2.75, 3.05) is 19.6 Å². The van der Waals surface area contributed by atoms with E-state index in [1.54, 1.807) is 0 Å². The van der Waals surface area contributed by atoms with Gasteiger partial charge < -0.3 is 10.2 Å². The van der Waals surface area contributed by atoms with Crippen LogP contribution in [-0.4, -0.2) is 36.5 Å². The molecular formula is C16H32N2O. The molecule has 0 aromatic rings. The molecule has 0 spiro atoms. The molecule has 0 radical (unpaired) electrons. The molecule has 1 rings (SSSR count). The first kappa shape index (κ1) is 16.5. The van der Waals surface area contributed by atoms with Gasteiger partial charge in [-0.05, 0) is 32.2 Å². The second kappa shape index (κ2) is 10.2. The van der Waals surface area contributed by atoms with Crippen molar-refractivity contribution in [1.29, 1.82) is 0 Å². The highest BCUT2D eigenvalue weighted by Crippen LogP contribution is 2.12. The standard InChI is InChI=1S/C16H32N2O/c1-3-5-9-13-18(14-10-6-4-2)16(19)15-11-7-8-12-17-15/h15,17H,3-14H2,1-2H3/t15-/m0/s1. The summed E-state index contributed by atoms with van der Waals surface area (Å²) in [4.78, 5) is 14.7. The molecule has 1 fully saturated rings. The topological polar surface area (TPSA) is 32.3 Å². The number of hydrogen-bond donors (Lipinski definition) is 1. The number of piperidine rings is 1. The fourth-order valence-electron chi connectivity index (χ4n) is 2.72. The molecule has 19 heavy (non-hydrogen) atoms. The molecule has 0 bridgehead atoms. The first-order valence-corrected chi connectivity index (χ1v) is 8.31. The Morgan fingerprint density at radius 3 is 2.16 bits per heavy atom. The van der Waals surface area contributed by atoms with E-state index in [1.807, 2.05) is 0 Å². The zero-order valence-electron chi connectivity index (χ0n) is 12.9. The monoisotopic (exact) mass is 268 g/mol. The minimum absolute atomic E-state index is 0.0944. The number of rotatable bonds is 9. The summed E-state index contributed by atoms with van der Waals surface area (Å²) in [5.74, 6) is 0.354. The van der Waals surface area contributed by atoms with Gasteiger partial charge in [0.1, 0.15) is 0 Å². The number of nitrogens with one attached hydrogen (secondary N) is 1. The maximum Gasteiger partial charge on any atom is 0.239 e. The molecule has 0 aromatic heterocycles. The first-order valence-electron chi connectivity index (χ1n) is 8.31. The van der Waals surface area contributed by atoms with Gasteiger partial charge in [0.15, 0.2) is 0 Å². The molecular weight excluding hydrogens is 236 g/mol. The van der Waals surface area contributed by atoms with E-state index in [-0.39, 0.29) is 6.04 Å². The molecule has 1 atom stereocenters. The van der Waals surface area contributed by atoms with Crippen LogP contribution in [0, 0.1) is 0 Å². The molecule has 0 aromatic carbocycles. The summed E-state index contributed by atoms with van der Waals surface area (Å²) in [6, 6.07) is 0.0944. The van der Waals surface area contributed by atoms with Crippen LogP contribution in [0.4, 0.5) is 0 Å². The van der Waals surface area contributed by atoms with Gasteiger partial charge in [-0.15, -0.1) is 0 Å². The first-order chi connectivity index (χ1) is 9.29. The zero-order valence-corrected chi connectivity index (χ0v) is 12.9. The van der Waals surface area contributed by atoms with E-state index in [2.05, 4.69) is 24.1 Å². The van der Waals surface area contributed by atoms with Crippen LogP contribution in [0.25, 0.3) is 0 Å². The van der Waals surface area contributed by atoms with Gasteiger partial charge in [-0.2, -0.15) is 0 Å². The van der Waals surface area contributed by atoms with Crippen molar-refractivity contribution in [2.24, 2.45) is 0 Å². The Balaban J connectivity index is 2.41. The number of carbonyl (C=O) groups is 1. The number of nitrogens with zero attached hydrogens (tertiary/aromatic N) is 1. The predicted molar refractivity (Wildman–Crippen MR) is 81.3 cm³/mol. The van der Waals surface area contributed by atoms with Gasteiger partial charge >= 0.3 is 0 Å². The molecule has 0 unspecified atom stereocenters. The van der Waals surface area contributed by atoms with E-state index in [0.717, 1.165) is 38.9 Å². The van der Waals surface area contributed by atoms with Crippen LogP contribution in [0.15, 0.2) is 0 Å². The highest BCUT2D eigenvalue weighted by atomic mass is 16.2. The average Bonchev–Trinajstić information content (AvgIpc) is 2.46. The molecule has 1 saturated heterocycles. The van der Waals surface area contributed by atoms with Crippen LogP contribution >= 0.6 is 0 Å². The Morgan fingerprint density at radius 1 is 1.05 bits per heavy atom. The van der Waals surface area contributed by atoms with Crippen molar-refractivity contribution < 1.29 is 4.79 Å². The summed E-state index contributed by atoms with van der Waals surface area (Å²) >= 11 is 0. The third kappa shape index (κ3) is 6.42. The Labute approximate surface area is 119 Å². The quantitative estimate of drug-likeness (QED) is 0.651. The van der Waals surface area contributed by atoms with E-state index < -0.39 is 0 Å². The zero-order chi connectivity index (χ0) is 13.9. The minimum atomic E-state index is 0.0944. The molecule has 1 N–H and O–H groups in total. The van der Waals surface area contributed by atoms with Crippen LogP contribution in [0.1, 0.15) is 71.6 Å². The van der Waals surface area contributed by atoms with E-state index in [0.29, 0.717) is 5.91 Å². The van der Waals surface area contributed by atoms with Crippen molar-refractivity contribution in [2.45, 2.75) is 77.7 Å². The Kier molecular flexibility index (Phi) is 8.89. The van der Waals surface area contributed by atoms with E-state index >= 15 is 0 Å². The van der Waals surface area contributed by atoms with Crippen LogP contribution in [0.2, 0.25) is 0 Å². The molecule has 112 valence electrons. The van der Waals surface area contributed by atoms with Gasteiger partial charge in [0.25, 0.3) is 0 Å². The van der Waals surface area contributed by atoms with E-state index in [9.17, 15) is 4.79 Å². The third-order valence-electron chi connectivity index (χ3n) is 3.98. The fourth-order valence-corrected chi connectivity index (χ4v) is 2.72. The summed E-state index contributed by atoms with van der Waals surface area (Å²) in [5.41, 5.74) is 0. The summed E-state index contributed by atoms with van der Waals surface area (Å²) in [6.45, 7) is 7.34. The predicted octanol–water partition coefficient (Wildman–Crippen LogP) is 3.34. The molecule has 0 aliphatic carbocycles. The lowest BCUT2D eigenvalue weighted by molar-refractivity contribution is -0.134. The normalized spacial score (nSPS) is 19.4. The molecule has 1 amide bonds. The van der Waals surface area contributed by atoms with Gasteiger partial charge in [0.05, 0.1) is 6.04 Å². The molecule has 1 aliphatic rings. The summed E-state index contributed by atoms with van der Waals surface area (Å²) in [5, 5.41) is 3.39. The fraction of sp³-hybridized carbons (Fsp3) is 0.938. The average molecular weight is 268 g/mol. The lowest BCUT2D eigenvalue weighted by atomic mass is 10.0. The SMILES string of the molecule is CCCCCN(CCCCC)C(=O)[C@@H]1CCCCN1. The summed E-state index contributed by atoms with van der Waals surface area (Å²) < 4.78 is 0. The second-order valence-corrected chi connectivity index (χ2v) is 5.74. The molecule has 3 nitrogen and oxygen atoms in total. The smallest absolute Gasteiger partial charge is 0.239 e.